The SMILES string of the molecule is CC(=O)OC[C@H]1O[C@@H](Oc2cc(C)c3c(c2)CC[C@](C)(CCC[C@@H](C)CCC[C@@H](C)CCCC(C)C)O3)[C@H](OC(C)=O)[C@@H](OC(C)=O)[C@H]1OC(C)=O. The van der Waals surface area contributed by atoms with Gasteiger partial charge in [-0.3, -0.25) is 19.2 Å². The van der Waals surface area contributed by atoms with Crippen molar-refractivity contribution in [3.05, 3.63) is 23.3 Å². The molecule has 0 aromatic heterocycles. The molecule has 2 aliphatic rings. The van der Waals surface area contributed by atoms with Crippen LogP contribution in [0.25, 0.3) is 0 Å². The van der Waals surface area contributed by atoms with Gasteiger partial charge in [-0.15, -0.1) is 0 Å². The van der Waals surface area contributed by atoms with Crippen LogP contribution in [-0.2, 0) is 49.3 Å². The van der Waals surface area contributed by atoms with Crippen molar-refractivity contribution in [1.82, 2.24) is 0 Å². The fraction of sp³-hybridized carbons (Fsp3) is 0.756. The van der Waals surface area contributed by atoms with Crippen molar-refractivity contribution in [2.75, 3.05) is 6.61 Å². The molecule has 0 N–H and O–H groups in total. The molecule has 0 saturated carbocycles. The smallest absolute Gasteiger partial charge is 0.303 e. The zero-order valence-electron chi connectivity index (χ0n) is 33.2. The maximum absolute atomic E-state index is 12.2. The van der Waals surface area contributed by atoms with Crippen molar-refractivity contribution in [2.45, 2.75) is 176 Å². The lowest BCUT2D eigenvalue weighted by Crippen LogP contribution is -2.63. The van der Waals surface area contributed by atoms with Gasteiger partial charge >= 0.3 is 23.9 Å². The van der Waals surface area contributed by atoms with Gasteiger partial charge in [0.1, 0.15) is 29.8 Å². The molecule has 1 fully saturated rings. The third kappa shape index (κ3) is 13.9. The van der Waals surface area contributed by atoms with Gasteiger partial charge in [0.2, 0.25) is 12.4 Å². The fourth-order valence-corrected chi connectivity index (χ4v) is 7.30. The zero-order valence-corrected chi connectivity index (χ0v) is 33.2. The minimum absolute atomic E-state index is 0.273. The van der Waals surface area contributed by atoms with Gasteiger partial charge in [0, 0.05) is 27.7 Å². The first-order valence-corrected chi connectivity index (χ1v) is 19.3. The van der Waals surface area contributed by atoms with E-state index in [-0.39, 0.29) is 12.2 Å². The van der Waals surface area contributed by atoms with Crippen LogP contribution in [0.15, 0.2) is 12.1 Å². The molecule has 1 aromatic carbocycles. The molecule has 294 valence electrons. The van der Waals surface area contributed by atoms with Crippen molar-refractivity contribution in [1.29, 1.82) is 0 Å². The van der Waals surface area contributed by atoms with Gasteiger partial charge in [0.15, 0.2) is 12.2 Å². The molecule has 0 unspecified atom stereocenters. The second-order valence-electron chi connectivity index (χ2n) is 15.8. The fourth-order valence-electron chi connectivity index (χ4n) is 7.30. The molecule has 0 spiro atoms. The minimum atomic E-state index is -1.31. The van der Waals surface area contributed by atoms with Crippen molar-refractivity contribution in [2.24, 2.45) is 17.8 Å². The number of benzene rings is 1. The summed E-state index contributed by atoms with van der Waals surface area (Å²) < 4.78 is 40.9. The molecular weight excluding hydrogens is 668 g/mol. The molecule has 0 bridgehead atoms. The highest BCUT2D eigenvalue weighted by atomic mass is 16.7. The van der Waals surface area contributed by atoms with Crippen LogP contribution < -0.4 is 9.47 Å². The van der Waals surface area contributed by atoms with Gasteiger partial charge in [0.25, 0.3) is 0 Å². The first-order chi connectivity index (χ1) is 24.5. The summed E-state index contributed by atoms with van der Waals surface area (Å²) in [5.74, 6) is 0.873. The number of fused-ring (bicyclic) bond motifs is 1. The Morgan fingerprint density at radius 3 is 1.90 bits per heavy atom. The highest BCUT2D eigenvalue weighted by Crippen LogP contribution is 2.41. The number of carbonyl (C=O) groups excluding carboxylic acids is 4. The summed E-state index contributed by atoms with van der Waals surface area (Å²) in [5, 5.41) is 0. The van der Waals surface area contributed by atoms with E-state index >= 15 is 0 Å². The summed E-state index contributed by atoms with van der Waals surface area (Å²) in [5.41, 5.74) is 1.58. The van der Waals surface area contributed by atoms with Gasteiger partial charge in [-0.1, -0.05) is 72.6 Å². The van der Waals surface area contributed by atoms with E-state index in [1.54, 1.807) is 0 Å². The predicted molar refractivity (Wildman–Crippen MR) is 196 cm³/mol. The monoisotopic (exact) mass is 732 g/mol. The second kappa shape index (κ2) is 20.2. The topological polar surface area (TPSA) is 133 Å². The van der Waals surface area contributed by atoms with Crippen LogP contribution in [0.4, 0.5) is 0 Å². The maximum Gasteiger partial charge on any atom is 0.303 e. The normalized spacial score (nSPS) is 25.2. The molecule has 2 aliphatic heterocycles. The highest BCUT2D eigenvalue weighted by Gasteiger charge is 2.53. The number of aryl methyl sites for hydroxylation is 2. The van der Waals surface area contributed by atoms with Gasteiger partial charge in [0.05, 0.1) is 0 Å². The Morgan fingerprint density at radius 1 is 0.769 bits per heavy atom. The average Bonchev–Trinajstić information content (AvgIpc) is 3.02. The lowest BCUT2D eigenvalue weighted by Gasteiger charge is -2.44. The quantitative estimate of drug-likeness (QED) is 0.101. The van der Waals surface area contributed by atoms with E-state index in [4.69, 9.17) is 33.2 Å². The second-order valence-corrected chi connectivity index (χ2v) is 15.8. The third-order valence-electron chi connectivity index (χ3n) is 10.1. The molecule has 3 rings (SSSR count). The molecule has 11 nitrogen and oxygen atoms in total. The Morgan fingerprint density at radius 2 is 1.33 bits per heavy atom. The number of carbonyl (C=O) groups is 4. The van der Waals surface area contributed by atoms with E-state index in [0.717, 1.165) is 54.4 Å². The van der Waals surface area contributed by atoms with Crippen LogP contribution in [0.1, 0.15) is 138 Å². The molecule has 0 radical (unpaired) electrons. The van der Waals surface area contributed by atoms with Gasteiger partial charge in [-0.05, 0) is 80.5 Å². The molecule has 0 amide bonds. The Kier molecular flexibility index (Phi) is 16.7. The molecule has 1 aromatic rings. The van der Waals surface area contributed by atoms with E-state index in [1.165, 1.54) is 72.6 Å². The third-order valence-corrected chi connectivity index (χ3v) is 10.1. The van der Waals surface area contributed by atoms with Crippen molar-refractivity contribution in [3.8, 4) is 11.5 Å². The van der Waals surface area contributed by atoms with Crippen LogP contribution in [-0.4, -0.2) is 66.8 Å². The predicted octanol–water partition coefficient (Wildman–Crippen LogP) is 7.98. The largest absolute Gasteiger partial charge is 0.487 e. The molecule has 2 heterocycles. The van der Waals surface area contributed by atoms with E-state index in [2.05, 4.69) is 34.6 Å². The molecule has 0 aliphatic carbocycles. The number of ether oxygens (including phenoxy) is 7. The number of esters is 4. The first-order valence-electron chi connectivity index (χ1n) is 19.3. The van der Waals surface area contributed by atoms with Gasteiger partial charge in [-0.2, -0.15) is 0 Å². The lowest BCUT2D eigenvalue weighted by atomic mass is 9.85. The van der Waals surface area contributed by atoms with Gasteiger partial charge in [-0.25, -0.2) is 0 Å². The van der Waals surface area contributed by atoms with E-state index in [9.17, 15) is 19.2 Å². The summed E-state index contributed by atoms with van der Waals surface area (Å²) in [6.45, 7) is 18.0. The maximum atomic E-state index is 12.2. The standard InChI is InChI=1S/C41H64O11/c1-25(2)14-11-15-26(3)16-12-17-27(4)18-13-20-41(10)21-19-33-23-34(22-28(5)36(33)52-41)50-40-39(49-32(9)45)38(48-31(8)44)37(47-30(7)43)35(51-40)24-46-29(6)42/h22-23,25-27,35,37-40H,11-21,24H2,1-10H3/t26-,27-,35+,37-,38-,39+,40+,41-/m0/s1. The van der Waals surface area contributed by atoms with Gasteiger partial charge < -0.3 is 33.2 Å². The summed E-state index contributed by atoms with van der Waals surface area (Å²) in [6.07, 6.45) is 6.54. The number of rotatable bonds is 19. The van der Waals surface area contributed by atoms with Crippen LogP contribution in [0.2, 0.25) is 0 Å². The van der Waals surface area contributed by atoms with E-state index in [1.807, 2.05) is 19.1 Å². The Labute approximate surface area is 311 Å². The first kappa shape index (κ1) is 43.1. The molecule has 52 heavy (non-hydrogen) atoms. The summed E-state index contributed by atoms with van der Waals surface area (Å²) in [7, 11) is 0. The highest BCUT2D eigenvalue weighted by molar-refractivity contribution is 5.68. The Bertz CT molecular complexity index is 1340. The summed E-state index contributed by atoms with van der Waals surface area (Å²) >= 11 is 0. The van der Waals surface area contributed by atoms with Crippen molar-refractivity contribution < 1.29 is 52.3 Å². The minimum Gasteiger partial charge on any atom is -0.487 e. The summed E-state index contributed by atoms with van der Waals surface area (Å²) in [4.78, 5) is 48.2. The van der Waals surface area contributed by atoms with Crippen LogP contribution in [0, 0.1) is 24.7 Å². The molecule has 1 saturated heterocycles. The zero-order chi connectivity index (χ0) is 38.6. The Balaban J connectivity index is 1.67. The van der Waals surface area contributed by atoms with Crippen LogP contribution in [0.3, 0.4) is 0 Å². The molecule has 11 heteroatoms. The Hall–Kier alpha value is -3.34. The average molecular weight is 733 g/mol. The van der Waals surface area contributed by atoms with Crippen molar-refractivity contribution >= 4 is 23.9 Å². The lowest BCUT2D eigenvalue weighted by molar-refractivity contribution is -0.288. The van der Waals surface area contributed by atoms with Crippen molar-refractivity contribution in [3.63, 3.8) is 0 Å². The molecule has 8 atom stereocenters. The van der Waals surface area contributed by atoms with E-state index < -0.39 is 54.6 Å². The van der Waals surface area contributed by atoms with Crippen LogP contribution in [0.5, 0.6) is 11.5 Å². The van der Waals surface area contributed by atoms with E-state index in [0.29, 0.717) is 11.7 Å². The summed E-state index contributed by atoms with van der Waals surface area (Å²) in [6, 6.07) is 3.70. The molecular formula is C41H64O11. The number of hydrogen-bond donors (Lipinski definition) is 0. The van der Waals surface area contributed by atoms with Crippen LogP contribution >= 0.6 is 0 Å². The number of hydrogen-bond acceptors (Lipinski definition) is 11.